The van der Waals surface area contributed by atoms with E-state index in [0.717, 1.165) is 0 Å². The van der Waals surface area contributed by atoms with Gasteiger partial charge in [0.25, 0.3) is 0 Å². The van der Waals surface area contributed by atoms with Crippen LogP contribution >= 0.6 is 0 Å². The standard InChI is InChI=1S/C31H38F6N4/c1-7-14-24(21(8-2)30(32,33)34)40-29-23(10-4)38-28(22(9-3)39-29)20-17-18-25(41(5)6)27(31(35,36)37)26(20)19-15-12-11-13-16-19/h11-13,15-18,21,24H,7-10,14H2,1-6H3,(H,39,40). The number of halogens is 6. The van der Waals surface area contributed by atoms with Crippen LogP contribution in [0.3, 0.4) is 0 Å². The third-order valence-corrected chi connectivity index (χ3v) is 7.24. The predicted molar refractivity (Wildman–Crippen MR) is 153 cm³/mol. The number of rotatable bonds is 11. The normalized spacial score (nSPS) is 13.7. The molecule has 0 aliphatic rings. The third-order valence-electron chi connectivity index (χ3n) is 7.24. The summed E-state index contributed by atoms with van der Waals surface area (Å²) < 4.78 is 85.7. The van der Waals surface area contributed by atoms with Gasteiger partial charge in [0.2, 0.25) is 0 Å². The minimum Gasteiger partial charge on any atom is -0.377 e. The average Bonchev–Trinajstić information content (AvgIpc) is 2.91. The van der Waals surface area contributed by atoms with E-state index in [2.05, 4.69) is 5.32 Å². The zero-order valence-electron chi connectivity index (χ0n) is 24.3. The number of nitrogens with one attached hydrogen (secondary N) is 1. The van der Waals surface area contributed by atoms with Crippen molar-refractivity contribution in [1.82, 2.24) is 9.97 Å². The Balaban J connectivity index is 2.31. The molecule has 0 spiro atoms. The van der Waals surface area contributed by atoms with Crippen molar-refractivity contribution >= 4 is 11.5 Å². The summed E-state index contributed by atoms with van der Waals surface area (Å²) in [7, 11) is 3.12. The van der Waals surface area contributed by atoms with Gasteiger partial charge in [-0.3, -0.25) is 0 Å². The molecule has 1 N–H and O–H groups in total. The van der Waals surface area contributed by atoms with Crippen molar-refractivity contribution in [3.63, 3.8) is 0 Å². The molecule has 0 saturated carbocycles. The lowest BCUT2D eigenvalue weighted by Crippen LogP contribution is -2.39. The molecular formula is C31H38F6N4. The summed E-state index contributed by atoms with van der Waals surface area (Å²) >= 11 is 0. The van der Waals surface area contributed by atoms with Crippen LogP contribution in [0.25, 0.3) is 22.4 Å². The Kier molecular flexibility index (Phi) is 10.3. The molecule has 41 heavy (non-hydrogen) atoms. The molecule has 0 radical (unpaired) electrons. The Bertz CT molecular complexity index is 1300. The van der Waals surface area contributed by atoms with Gasteiger partial charge in [0.15, 0.2) is 0 Å². The van der Waals surface area contributed by atoms with Gasteiger partial charge in [-0.2, -0.15) is 26.3 Å². The first-order valence-electron chi connectivity index (χ1n) is 14.0. The van der Waals surface area contributed by atoms with Gasteiger partial charge in [0.1, 0.15) is 5.82 Å². The van der Waals surface area contributed by atoms with Crippen LogP contribution in [0, 0.1) is 5.92 Å². The van der Waals surface area contributed by atoms with Crippen molar-refractivity contribution in [1.29, 1.82) is 0 Å². The molecule has 3 aromatic rings. The molecule has 0 aliphatic heterocycles. The number of anilines is 2. The van der Waals surface area contributed by atoms with Gasteiger partial charge in [-0.05, 0) is 37.3 Å². The van der Waals surface area contributed by atoms with E-state index in [4.69, 9.17) is 9.97 Å². The number of nitrogens with zero attached hydrogens (tertiary/aromatic N) is 3. The van der Waals surface area contributed by atoms with E-state index in [-0.39, 0.29) is 35.5 Å². The van der Waals surface area contributed by atoms with E-state index < -0.39 is 29.9 Å². The SMILES string of the molecule is CCCC(Nc1nc(CC)c(-c2ccc(N(C)C)c(C(F)(F)F)c2-c2ccccc2)nc1CC)C(CC)C(F)(F)F. The van der Waals surface area contributed by atoms with Gasteiger partial charge in [-0.1, -0.05) is 70.5 Å². The molecule has 1 heterocycles. The topological polar surface area (TPSA) is 41.1 Å². The van der Waals surface area contributed by atoms with Gasteiger partial charge >= 0.3 is 12.4 Å². The van der Waals surface area contributed by atoms with Crippen molar-refractivity contribution in [3.8, 4) is 22.4 Å². The van der Waals surface area contributed by atoms with Crippen LogP contribution in [-0.2, 0) is 19.0 Å². The van der Waals surface area contributed by atoms with Gasteiger partial charge in [-0.15, -0.1) is 0 Å². The van der Waals surface area contributed by atoms with Crippen molar-refractivity contribution in [2.45, 2.75) is 78.2 Å². The number of aryl methyl sites for hydroxylation is 2. The van der Waals surface area contributed by atoms with Gasteiger partial charge in [0.05, 0.1) is 28.6 Å². The maximum Gasteiger partial charge on any atom is 0.419 e. The summed E-state index contributed by atoms with van der Waals surface area (Å²) in [4.78, 5) is 10.9. The molecule has 3 rings (SSSR count). The van der Waals surface area contributed by atoms with Crippen LogP contribution in [0.15, 0.2) is 42.5 Å². The fraction of sp³-hybridized carbons (Fsp3) is 0.484. The molecule has 2 atom stereocenters. The predicted octanol–water partition coefficient (Wildman–Crippen LogP) is 9.19. The first kappa shape index (κ1) is 32.2. The Morgan fingerprint density at radius 3 is 1.95 bits per heavy atom. The van der Waals surface area contributed by atoms with E-state index in [1.165, 1.54) is 17.9 Å². The van der Waals surface area contributed by atoms with Gasteiger partial charge < -0.3 is 10.2 Å². The molecule has 0 aliphatic carbocycles. The highest BCUT2D eigenvalue weighted by Crippen LogP contribution is 2.47. The highest BCUT2D eigenvalue weighted by atomic mass is 19.4. The zero-order valence-corrected chi connectivity index (χ0v) is 24.3. The summed E-state index contributed by atoms with van der Waals surface area (Å²) in [6.45, 7) is 6.94. The molecule has 0 saturated heterocycles. The van der Waals surface area contributed by atoms with Crippen LogP contribution in [0.2, 0.25) is 0 Å². The Morgan fingerprint density at radius 2 is 1.46 bits per heavy atom. The first-order valence-corrected chi connectivity index (χ1v) is 14.0. The smallest absolute Gasteiger partial charge is 0.377 e. The molecule has 0 amide bonds. The summed E-state index contributed by atoms with van der Waals surface area (Å²) in [6.07, 6.45) is -7.68. The number of hydrogen-bond acceptors (Lipinski definition) is 4. The van der Waals surface area contributed by atoms with Crippen molar-refractivity contribution in [2.75, 3.05) is 24.3 Å². The molecule has 4 nitrogen and oxygen atoms in total. The van der Waals surface area contributed by atoms with Crippen LogP contribution in [0.4, 0.5) is 37.8 Å². The first-order chi connectivity index (χ1) is 19.3. The summed E-state index contributed by atoms with van der Waals surface area (Å²) in [6, 6.07) is 10.5. The summed E-state index contributed by atoms with van der Waals surface area (Å²) in [5.41, 5.74) is 0.965. The van der Waals surface area contributed by atoms with Crippen LogP contribution in [-0.4, -0.2) is 36.3 Å². The van der Waals surface area contributed by atoms with E-state index in [9.17, 15) is 26.3 Å². The van der Waals surface area contributed by atoms with Crippen molar-refractivity contribution < 1.29 is 26.3 Å². The quantitative estimate of drug-likeness (QED) is 0.230. The fourth-order valence-corrected chi connectivity index (χ4v) is 5.29. The van der Waals surface area contributed by atoms with E-state index in [1.54, 1.807) is 64.3 Å². The summed E-state index contributed by atoms with van der Waals surface area (Å²) in [5, 5.41) is 3.04. The maximum absolute atomic E-state index is 14.7. The van der Waals surface area contributed by atoms with E-state index >= 15 is 0 Å². The van der Waals surface area contributed by atoms with Gasteiger partial charge in [0, 0.05) is 37.0 Å². The van der Waals surface area contributed by atoms with Crippen molar-refractivity contribution in [2.24, 2.45) is 5.92 Å². The lowest BCUT2D eigenvalue weighted by atomic mass is 9.89. The molecule has 2 unspecified atom stereocenters. The monoisotopic (exact) mass is 580 g/mol. The lowest BCUT2D eigenvalue weighted by Gasteiger charge is -2.30. The van der Waals surface area contributed by atoms with Crippen LogP contribution < -0.4 is 10.2 Å². The second-order valence-electron chi connectivity index (χ2n) is 10.3. The Morgan fingerprint density at radius 1 is 0.829 bits per heavy atom. The van der Waals surface area contributed by atoms with E-state index in [0.29, 0.717) is 41.9 Å². The summed E-state index contributed by atoms with van der Waals surface area (Å²) in [5.74, 6) is -1.33. The number of benzene rings is 2. The van der Waals surface area contributed by atoms with Crippen molar-refractivity contribution in [3.05, 3.63) is 59.4 Å². The second kappa shape index (κ2) is 13.1. The lowest BCUT2D eigenvalue weighted by molar-refractivity contribution is -0.179. The molecule has 0 fully saturated rings. The van der Waals surface area contributed by atoms with Crippen LogP contribution in [0.5, 0.6) is 0 Å². The number of hydrogen-bond donors (Lipinski definition) is 1. The Hall–Kier alpha value is -3.30. The molecule has 10 heteroatoms. The molecule has 1 aromatic heterocycles. The minimum absolute atomic E-state index is 0.0111. The average molecular weight is 581 g/mol. The fourth-order valence-electron chi connectivity index (χ4n) is 5.29. The molecular weight excluding hydrogens is 542 g/mol. The molecule has 0 bridgehead atoms. The number of aromatic nitrogens is 2. The third kappa shape index (κ3) is 7.13. The largest absolute Gasteiger partial charge is 0.419 e. The Labute approximate surface area is 238 Å². The highest BCUT2D eigenvalue weighted by Gasteiger charge is 2.43. The second-order valence-corrected chi connectivity index (χ2v) is 10.3. The molecule has 2 aromatic carbocycles. The highest BCUT2D eigenvalue weighted by molar-refractivity contribution is 5.89. The molecule has 224 valence electrons. The van der Waals surface area contributed by atoms with Gasteiger partial charge in [-0.25, -0.2) is 9.97 Å². The van der Waals surface area contributed by atoms with Crippen LogP contribution in [0.1, 0.15) is 63.9 Å². The number of alkyl halides is 6. The van der Waals surface area contributed by atoms with E-state index in [1.807, 2.05) is 6.92 Å². The zero-order chi connectivity index (χ0) is 30.5. The minimum atomic E-state index is -4.67. The maximum atomic E-state index is 14.7.